The maximum Gasteiger partial charge on any atom is 1.00 e. The number of carbonyl (C=O) groups is 1. The Balaban J connectivity index is 0.00000196. The molecule has 1 amide bonds. The van der Waals surface area contributed by atoms with Crippen molar-refractivity contribution in [1.29, 1.82) is 0 Å². The van der Waals surface area contributed by atoms with E-state index in [0.29, 0.717) is 25.9 Å². The van der Waals surface area contributed by atoms with Crippen LogP contribution in [-0.4, -0.2) is 35.8 Å². The average molecular weight is 207 g/mol. The zero-order valence-electron chi connectivity index (χ0n) is 10.1. The number of ether oxygens (including phenoxy) is 1. The molecule has 4 nitrogen and oxygen atoms in total. The van der Waals surface area contributed by atoms with Crippen LogP contribution in [0.15, 0.2) is 0 Å². The standard InChI is InChI=1S/C10H18NO3.Li/c1-10(2,3)14-9(13)11-6-4-8(12)5-7-11;/h8H,4-7H2,1-3H3;/q-1;+1. The molecular weight excluding hydrogens is 189 g/mol. The van der Waals surface area contributed by atoms with Gasteiger partial charge in [0.05, 0.1) is 0 Å². The van der Waals surface area contributed by atoms with E-state index in [4.69, 9.17) is 4.74 Å². The van der Waals surface area contributed by atoms with Gasteiger partial charge in [0.25, 0.3) is 0 Å². The van der Waals surface area contributed by atoms with E-state index in [1.807, 2.05) is 20.8 Å². The molecular formula is C10H18LiNO3. The first-order chi connectivity index (χ1) is 6.38. The molecule has 0 aromatic rings. The summed E-state index contributed by atoms with van der Waals surface area (Å²) in [6, 6.07) is 0. The predicted molar refractivity (Wildman–Crippen MR) is 50.8 cm³/mol. The van der Waals surface area contributed by atoms with Crippen molar-refractivity contribution in [2.24, 2.45) is 0 Å². The summed E-state index contributed by atoms with van der Waals surface area (Å²) in [6.45, 7) is 6.58. The second kappa shape index (κ2) is 5.79. The van der Waals surface area contributed by atoms with Crippen molar-refractivity contribution in [3.8, 4) is 0 Å². The van der Waals surface area contributed by atoms with E-state index < -0.39 is 11.7 Å². The van der Waals surface area contributed by atoms with Crippen LogP contribution in [0.25, 0.3) is 0 Å². The number of nitrogens with zero attached hydrogens (tertiary/aromatic N) is 1. The molecule has 0 aromatic heterocycles. The van der Waals surface area contributed by atoms with Gasteiger partial charge in [-0.25, -0.2) is 4.79 Å². The van der Waals surface area contributed by atoms with Gasteiger partial charge in [-0.1, -0.05) is 0 Å². The first-order valence-electron chi connectivity index (χ1n) is 5.02. The van der Waals surface area contributed by atoms with Crippen molar-refractivity contribution in [3.05, 3.63) is 0 Å². The molecule has 5 heteroatoms. The van der Waals surface area contributed by atoms with E-state index in [1.54, 1.807) is 4.90 Å². The Morgan fingerprint density at radius 3 is 2.20 bits per heavy atom. The topological polar surface area (TPSA) is 52.6 Å². The van der Waals surface area contributed by atoms with Crippen LogP contribution < -0.4 is 24.0 Å². The smallest absolute Gasteiger partial charge is 0.852 e. The van der Waals surface area contributed by atoms with Gasteiger partial charge in [-0.2, -0.15) is 0 Å². The number of likely N-dealkylation sites (tertiary alicyclic amines) is 1. The Hall–Kier alpha value is -0.173. The molecule has 82 valence electrons. The third-order valence-corrected chi connectivity index (χ3v) is 2.09. The molecule has 0 aliphatic carbocycles. The molecule has 0 bridgehead atoms. The fraction of sp³-hybridized carbons (Fsp3) is 0.900. The Kier molecular flexibility index (Phi) is 5.72. The molecule has 0 aromatic carbocycles. The minimum Gasteiger partial charge on any atom is -0.852 e. The van der Waals surface area contributed by atoms with Gasteiger partial charge in [-0.05, 0) is 33.6 Å². The van der Waals surface area contributed by atoms with Crippen LogP contribution in [0.4, 0.5) is 4.79 Å². The second-order valence-electron chi connectivity index (χ2n) is 4.67. The van der Waals surface area contributed by atoms with Gasteiger partial charge in [-0.3, -0.25) is 0 Å². The van der Waals surface area contributed by atoms with Crippen LogP contribution in [0, 0.1) is 0 Å². The number of hydrogen-bond donors (Lipinski definition) is 0. The van der Waals surface area contributed by atoms with Crippen LogP contribution in [0.1, 0.15) is 33.6 Å². The van der Waals surface area contributed by atoms with Crippen LogP contribution in [0.2, 0.25) is 0 Å². The molecule has 0 atom stereocenters. The summed E-state index contributed by atoms with van der Waals surface area (Å²) in [6.07, 6.45) is 0.275. The predicted octanol–water partition coefficient (Wildman–Crippen LogP) is -2.25. The minimum absolute atomic E-state index is 0. The van der Waals surface area contributed by atoms with Crippen LogP contribution in [0.5, 0.6) is 0 Å². The van der Waals surface area contributed by atoms with Crippen molar-refractivity contribution in [2.75, 3.05) is 13.1 Å². The van der Waals surface area contributed by atoms with Gasteiger partial charge >= 0.3 is 25.0 Å². The Morgan fingerprint density at radius 1 is 1.33 bits per heavy atom. The quantitative estimate of drug-likeness (QED) is 0.422. The molecule has 1 rings (SSSR count). The molecule has 0 radical (unpaired) electrons. The van der Waals surface area contributed by atoms with E-state index in [2.05, 4.69) is 0 Å². The van der Waals surface area contributed by atoms with Crippen LogP contribution in [-0.2, 0) is 4.74 Å². The summed E-state index contributed by atoms with van der Waals surface area (Å²) >= 11 is 0. The third-order valence-electron chi connectivity index (χ3n) is 2.09. The number of piperidine rings is 1. The number of carbonyl (C=O) groups excluding carboxylic acids is 1. The first kappa shape index (κ1) is 14.8. The van der Waals surface area contributed by atoms with Crippen molar-refractivity contribution in [1.82, 2.24) is 4.90 Å². The average Bonchev–Trinajstić information content (AvgIpc) is 2.02. The fourth-order valence-electron chi connectivity index (χ4n) is 1.36. The van der Waals surface area contributed by atoms with E-state index >= 15 is 0 Å². The largest absolute Gasteiger partial charge is 1.00 e. The van der Waals surface area contributed by atoms with E-state index in [9.17, 15) is 9.90 Å². The summed E-state index contributed by atoms with van der Waals surface area (Å²) in [4.78, 5) is 13.1. The van der Waals surface area contributed by atoms with Gasteiger partial charge < -0.3 is 14.7 Å². The number of hydrogen-bond acceptors (Lipinski definition) is 3. The molecule has 1 aliphatic rings. The van der Waals surface area contributed by atoms with E-state index in [1.165, 1.54) is 0 Å². The second-order valence-corrected chi connectivity index (χ2v) is 4.67. The normalized spacial score (nSPS) is 18.3. The Labute approximate surface area is 103 Å². The molecule has 0 unspecified atom stereocenters. The van der Waals surface area contributed by atoms with Gasteiger partial charge in [0.2, 0.25) is 0 Å². The molecule has 0 N–H and O–H groups in total. The zero-order chi connectivity index (χ0) is 10.8. The number of rotatable bonds is 0. The zero-order valence-corrected chi connectivity index (χ0v) is 10.1. The minimum atomic E-state index is -0.506. The van der Waals surface area contributed by atoms with Crippen molar-refractivity contribution in [3.63, 3.8) is 0 Å². The molecule has 1 saturated heterocycles. The maximum atomic E-state index is 11.5. The maximum absolute atomic E-state index is 11.5. The van der Waals surface area contributed by atoms with Crippen molar-refractivity contribution in [2.45, 2.75) is 45.3 Å². The number of amides is 1. The van der Waals surface area contributed by atoms with E-state index in [0.717, 1.165) is 0 Å². The monoisotopic (exact) mass is 207 g/mol. The van der Waals surface area contributed by atoms with Crippen LogP contribution in [0.3, 0.4) is 0 Å². The molecule has 1 aliphatic heterocycles. The van der Waals surface area contributed by atoms with Gasteiger partial charge in [0.15, 0.2) is 0 Å². The summed E-state index contributed by atoms with van der Waals surface area (Å²) in [5.74, 6) is 0. The molecule has 0 saturated carbocycles. The first-order valence-corrected chi connectivity index (χ1v) is 5.02. The molecule has 1 heterocycles. The summed E-state index contributed by atoms with van der Waals surface area (Å²) in [5, 5.41) is 11.0. The Bertz CT molecular complexity index is 207. The molecule has 15 heavy (non-hydrogen) atoms. The summed E-state index contributed by atoms with van der Waals surface area (Å²) in [7, 11) is 0. The molecule has 0 spiro atoms. The molecule has 1 fully saturated rings. The fourth-order valence-corrected chi connectivity index (χ4v) is 1.36. The van der Waals surface area contributed by atoms with Gasteiger partial charge in [0.1, 0.15) is 5.60 Å². The third kappa shape index (κ3) is 5.46. The summed E-state index contributed by atoms with van der Waals surface area (Å²) in [5.41, 5.74) is -0.453. The van der Waals surface area contributed by atoms with Crippen molar-refractivity contribution >= 4 is 6.09 Å². The SMILES string of the molecule is CC(C)(C)OC(=O)N1CCC([O-])CC1.[Li+]. The summed E-state index contributed by atoms with van der Waals surface area (Å²) < 4.78 is 5.20. The van der Waals surface area contributed by atoms with Crippen molar-refractivity contribution < 1.29 is 33.5 Å². The van der Waals surface area contributed by atoms with Gasteiger partial charge in [0, 0.05) is 13.1 Å². The van der Waals surface area contributed by atoms with Gasteiger partial charge in [-0.15, -0.1) is 6.10 Å². The Morgan fingerprint density at radius 2 is 1.80 bits per heavy atom. The van der Waals surface area contributed by atoms with E-state index in [-0.39, 0.29) is 25.0 Å². The van der Waals surface area contributed by atoms with Crippen LogP contribution >= 0.6 is 0 Å².